The van der Waals surface area contributed by atoms with Crippen LogP contribution in [0.25, 0.3) is 0 Å². The smallest absolute Gasteiger partial charge is 0.0510 e. The van der Waals surface area contributed by atoms with Crippen LogP contribution in [0.2, 0.25) is 0 Å². The topological polar surface area (TPSA) is 26.0 Å². The van der Waals surface area contributed by atoms with Crippen LogP contribution in [0.15, 0.2) is 11.9 Å². The van der Waals surface area contributed by atoms with Crippen LogP contribution < -0.4 is 5.73 Å². The van der Waals surface area contributed by atoms with Gasteiger partial charge in [0.1, 0.15) is 0 Å². The standard InChI is InChI=1S/C12H22NP/c1-2-3-4-5-6-7-8-11-9-10-14-12(11)13/h9-10,14H,2-8,13H2,1H3. The summed E-state index contributed by atoms with van der Waals surface area (Å²) < 4.78 is 0. The highest BCUT2D eigenvalue weighted by Crippen LogP contribution is 2.25. The van der Waals surface area contributed by atoms with Crippen molar-refractivity contribution in [3.05, 3.63) is 17.4 Å². The van der Waals surface area contributed by atoms with Gasteiger partial charge in [-0.2, -0.15) is 0 Å². The third-order valence-corrected chi connectivity index (χ3v) is 3.63. The third-order valence-electron chi connectivity index (χ3n) is 2.67. The van der Waals surface area contributed by atoms with E-state index in [0.29, 0.717) is 0 Å². The molecule has 0 aliphatic rings. The van der Waals surface area contributed by atoms with Gasteiger partial charge in [-0.1, -0.05) is 45.1 Å². The maximum absolute atomic E-state index is 5.87. The van der Waals surface area contributed by atoms with E-state index in [1.54, 1.807) is 0 Å². The van der Waals surface area contributed by atoms with Crippen LogP contribution in [0.3, 0.4) is 0 Å². The molecule has 1 aromatic rings. The van der Waals surface area contributed by atoms with Gasteiger partial charge in [0.15, 0.2) is 0 Å². The number of hydrogen-bond acceptors (Lipinski definition) is 1. The van der Waals surface area contributed by atoms with Crippen LogP contribution in [0.5, 0.6) is 0 Å². The summed E-state index contributed by atoms with van der Waals surface area (Å²) in [6.07, 6.45) is 9.41. The molecule has 0 spiro atoms. The maximum atomic E-state index is 5.87. The molecule has 0 aliphatic heterocycles. The summed E-state index contributed by atoms with van der Waals surface area (Å²) >= 11 is 0. The molecule has 2 N–H and O–H groups in total. The van der Waals surface area contributed by atoms with Crippen molar-refractivity contribution in [3.8, 4) is 0 Å². The summed E-state index contributed by atoms with van der Waals surface area (Å²) in [6.45, 7) is 2.26. The molecule has 0 amide bonds. The molecule has 0 aromatic carbocycles. The number of anilines is 1. The Morgan fingerprint density at radius 2 is 1.86 bits per heavy atom. The summed E-state index contributed by atoms with van der Waals surface area (Å²) in [7, 11) is 0.752. The summed E-state index contributed by atoms with van der Waals surface area (Å²) in [5, 5.41) is 0. The molecule has 0 bridgehead atoms. The van der Waals surface area contributed by atoms with Gasteiger partial charge in [0.2, 0.25) is 0 Å². The molecule has 0 fully saturated rings. The lowest BCUT2D eigenvalue weighted by Gasteiger charge is -2.01. The highest BCUT2D eigenvalue weighted by molar-refractivity contribution is 7.33. The monoisotopic (exact) mass is 211 g/mol. The number of aryl methyl sites for hydroxylation is 1. The molecule has 0 saturated carbocycles. The Balaban J connectivity index is 2.02. The van der Waals surface area contributed by atoms with Gasteiger partial charge >= 0.3 is 0 Å². The molecule has 0 radical (unpaired) electrons. The fraction of sp³-hybridized carbons (Fsp3) is 0.667. The molecule has 0 saturated heterocycles. The lowest BCUT2D eigenvalue weighted by atomic mass is 10.1. The predicted octanol–water partition coefficient (Wildman–Crippen LogP) is 4.20. The molecule has 1 atom stereocenters. The van der Waals surface area contributed by atoms with Crippen molar-refractivity contribution in [2.24, 2.45) is 0 Å². The van der Waals surface area contributed by atoms with Gasteiger partial charge in [0.05, 0.1) is 5.42 Å². The van der Waals surface area contributed by atoms with Gasteiger partial charge in [-0.15, -0.1) is 8.19 Å². The number of rotatable bonds is 7. The van der Waals surface area contributed by atoms with Crippen molar-refractivity contribution < 1.29 is 0 Å². The van der Waals surface area contributed by atoms with Crippen LogP contribution in [-0.4, -0.2) is 0 Å². The normalized spacial score (nSPS) is 11.2. The average molecular weight is 211 g/mol. The Bertz CT molecular complexity index is 242. The van der Waals surface area contributed by atoms with Crippen molar-refractivity contribution in [1.29, 1.82) is 0 Å². The molecule has 2 heteroatoms. The molecular weight excluding hydrogens is 189 g/mol. The molecular formula is C12H22NP. The van der Waals surface area contributed by atoms with Crippen molar-refractivity contribution in [3.63, 3.8) is 0 Å². The Labute approximate surface area is 89.2 Å². The minimum atomic E-state index is 0.752. The number of nitrogens with two attached hydrogens (primary N) is 1. The Hall–Kier alpha value is -0.420. The van der Waals surface area contributed by atoms with E-state index in [0.717, 1.165) is 13.6 Å². The van der Waals surface area contributed by atoms with Crippen LogP contribution in [0, 0.1) is 0 Å². The third kappa shape index (κ3) is 4.19. The molecule has 1 aromatic heterocycles. The molecule has 1 heterocycles. The summed E-state index contributed by atoms with van der Waals surface area (Å²) in [4.78, 5) is 0. The Kier molecular flexibility index (Phi) is 5.78. The first-order valence-corrected chi connectivity index (χ1v) is 6.84. The Morgan fingerprint density at radius 1 is 1.14 bits per heavy atom. The zero-order valence-electron chi connectivity index (χ0n) is 9.18. The van der Waals surface area contributed by atoms with Crippen LogP contribution in [0.1, 0.15) is 51.0 Å². The second kappa shape index (κ2) is 6.95. The average Bonchev–Trinajstić information content (AvgIpc) is 2.58. The van der Waals surface area contributed by atoms with Gasteiger partial charge in [0.25, 0.3) is 0 Å². The maximum Gasteiger partial charge on any atom is 0.0510 e. The number of unbranched alkanes of at least 4 members (excludes halogenated alkanes) is 5. The van der Waals surface area contributed by atoms with Gasteiger partial charge in [-0.25, -0.2) is 0 Å². The van der Waals surface area contributed by atoms with Gasteiger partial charge < -0.3 is 5.73 Å². The van der Waals surface area contributed by atoms with E-state index in [2.05, 4.69) is 18.8 Å². The fourth-order valence-electron chi connectivity index (χ4n) is 1.73. The minimum Gasteiger partial charge on any atom is -0.396 e. The van der Waals surface area contributed by atoms with Gasteiger partial charge in [-0.05, 0) is 24.2 Å². The van der Waals surface area contributed by atoms with E-state index in [-0.39, 0.29) is 0 Å². The first-order valence-electron chi connectivity index (χ1n) is 5.76. The highest BCUT2D eigenvalue weighted by Gasteiger charge is 1.98. The van der Waals surface area contributed by atoms with Crippen molar-refractivity contribution in [1.82, 2.24) is 0 Å². The molecule has 0 aliphatic carbocycles. The van der Waals surface area contributed by atoms with E-state index in [9.17, 15) is 0 Å². The molecule has 1 rings (SSSR count). The van der Waals surface area contributed by atoms with Crippen molar-refractivity contribution in [2.75, 3.05) is 5.73 Å². The van der Waals surface area contributed by atoms with E-state index in [4.69, 9.17) is 5.73 Å². The predicted molar refractivity (Wildman–Crippen MR) is 67.4 cm³/mol. The summed E-state index contributed by atoms with van der Waals surface area (Å²) in [5.74, 6) is 2.20. The largest absolute Gasteiger partial charge is 0.396 e. The van der Waals surface area contributed by atoms with E-state index < -0.39 is 0 Å². The zero-order chi connectivity index (χ0) is 10.2. The summed E-state index contributed by atoms with van der Waals surface area (Å²) in [6, 6.07) is 2.21. The summed E-state index contributed by atoms with van der Waals surface area (Å²) in [5.41, 5.74) is 8.40. The molecule has 1 unspecified atom stereocenters. The number of hydrogen-bond donors (Lipinski definition) is 1. The minimum absolute atomic E-state index is 0.752. The first kappa shape index (κ1) is 11.7. The van der Waals surface area contributed by atoms with E-state index >= 15 is 0 Å². The SMILES string of the molecule is CCCCCCCCc1cc[pH]c1N. The van der Waals surface area contributed by atoms with Crippen LogP contribution >= 0.6 is 8.19 Å². The second-order valence-corrected chi connectivity index (χ2v) is 5.10. The van der Waals surface area contributed by atoms with Crippen molar-refractivity contribution in [2.45, 2.75) is 51.9 Å². The van der Waals surface area contributed by atoms with Crippen LogP contribution in [0.4, 0.5) is 5.42 Å². The van der Waals surface area contributed by atoms with Crippen molar-refractivity contribution >= 4 is 13.6 Å². The molecule has 1 nitrogen and oxygen atoms in total. The lowest BCUT2D eigenvalue weighted by molar-refractivity contribution is 0.608. The van der Waals surface area contributed by atoms with Gasteiger partial charge in [-0.3, -0.25) is 0 Å². The van der Waals surface area contributed by atoms with E-state index in [1.165, 1.54) is 50.5 Å². The highest BCUT2D eigenvalue weighted by atomic mass is 31.0. The van der Waals surface area contributed by atoms with E-state index in [1.807, 2.05) is 0 Å². The quantitative estimate of drug-likeness (QED) is 0.672. The Morgan fingerprint density at radius 3 is 2.50 bits per heavy atom. The number of nitrogen functional groups attached to an aromatic ring is 1. The van der Waals surface area contributed by atoms with Gasteiger partial charge in [0, 0.05) is 0 Å². The first-order chi connectivity index (χ1) is 6.84. The van der Waals surface area contributed by atoms with Crippen LogP contribution in [-0.2, 0) is 6.42 Å². The zero-order valence-corrected chi connectivity index (χ0v) is 10.2. The second-order valence-electron chi connectivity index (χ2n) is 3.93. The molecule has 14 heavy (non-hydrogen) atoms. The lowest BCUT2D eigenvalue weighted by Crippen LogP contribution is -1.89. The molecule has 80 valence electrons. The fourth-order valence-corrected chi connectivity index (χ4v) is 2.59.